The Labute approximate surface area is 157 Å². The molecule has 0 saturated heterocycles. The minimum Gasteiger partial charge on any atom is -0.493 e. The summed E-state index contributed by atoms with van der Waals surface area (Å²) in [4.78, 5) is 14.6. The number of rotatable bonds is 2. The van der Waals surface area contributed by atoms with E-state index in [1.54, 1.807) is 19.2 Å². The molecule has 3 rings (SSSR count). The van der Waals surface area contributed by atoms with Gasteiger partial charge in [-0.15, -0.1) is 0 Å². The molecule has 0 spiro atoms. The number of hydrogen-bond acceptors (Lipinski definition) is 5. The van der Waals surface area contributed by atoms with Gasteiger partial charge in [-0.1, -0.05) is 23.2 Å². The molecule has 25 heavy (non-hydrogen) atoms. The summed E-state index contributed by atoms with van der Waals surface area (Å²) in [5.74, 6) is 1.43. The van der Waals surface area contributed by atoms with E-state index in [2.05, 4.69) is 4.98 Å². The van der Waals surface area contributed by atoms with E-state index in [1.165, 1.54) is 12.4 Å². The summed E-state index contributed by atoms with van der Waals surface area (Å²) in [5.41, 5.74) is 7.23. The van der Waals surface area contributed by atoms with Crippen LogP contribution in [0.15, 0.2) is 24.5 Å². The molecule has 0 unspecified atom stereocenters. The van der Waals surface area contributed by atoms with Crippen molar-refractivity contribution in [3.8, 4) is 11.5 Å². The Morgan fingerprint density at radius 1 is 1.28 bits per heavy atom. The fourth-order valence-corrected chi connectivity index (χ4v) is 2.80. The van der Waals surface area contributed by atoms with Gasteiger partial charge in [-0.25, -0.2) is 0 Å². The summed E-state index contributed by atoms with van der Waals surface area (Å²) in [6, 6.07) is 3.57. The highest BCUT2D eigenvalue weighted by Gasteiger charge is 2.30. The van der Waals surface area contributed by atoms with Crippen molar-refractivity contribution in [3.05, 3.63) is 45.7 Å². The molecular weight excluding hydrogens is 363 g/mol. The van der Waals surface area contributed by atoms with Gasteiger partial charge in [0.2, 0.25) is 0 Å². The lowest BCUT2D eigenvalue weighted by molar-refractivity contribution is 0.0797. The van der Waals surface area contributed by atoms with Gasteiger partial charge in [0.25, 0.3) is 0 Å². The van der Waals surface area contributed by atoms with E-state index in [0.29, 0.717) is 27.0 Å². The zero-order valence-corrected chi connectivity index (χ0v) is 15.8. The first-order valence-corrected chi connectivity index (χ1v) is 8.43. The largest absolute Gasteiger partial charge is 0.493 e. The Bertz CT molecular complexity index is 759. The van der Waals surface area contributed by atoms with Crippen LogP contribution in [0.2, 0.25) is 10.0 Å². The van der Waals surface area contributed by atoms with E-state index in [-0.39, 0.29) is 5.60 Å². The number of nitrogen functional groups attached to an aromatic ring is 1. The van der Waals surface area contributed by atoms with Crippen LogP contribution >= 0.6 is 23.2 Å². The Morgan fingerprint density at radius 3 is 2.44 bits per heavy atom. The first kappa shape index (κ1) is 19.3. The first-order valence-electron chi connectivity index (χ1n) is 7.67. The van der Waals surface area contributed by atoms with Gasteiger partial charge in [0, 0.05) is 23.5 Å². The van der Waals surface area contributed by atoms with Crippen LogP contribution in [-0.2, 0) is 6.42 Å². The van der Waals surface area contributed by atoms with Crippen LogP contribution < -0.4 is 15.2 Å². The second kappa shape index (κ2) is 7.93. The molecule has 2 N–H and O–H groups in total. The smallest absolute Gasteiger partial charge is 0.165 e. The summed E-state index contributed by atoms with van der Waals surface area (Å²) in [7, 11) is 1.61. The van der Waals surface area contributed by atoms with Gasteiger partial charge < -0.3 is 15.2 Å². The molecule has 0 atom stereocenters. The molecule has 1 aromatic heterocycles. The van der Waals surface area contributed by atoms with E-state index < -0.39 is 0 Å². The van der Waals surface area contributed by atoms with Gasteiger partial charge in [-0.05, 0) is 38.8 Å². The average Bonchev–Trinajstić information content (AvgIpc) is 2.58. The number of nitrogens with zero attached hydrogens (tertiary/aromatic N) is 1. The number of aldehydes is 1. The van der Waals surface area contributed by atoms with Crippen LogP contribution in [0.5, 0.6) is 11.5 Å². The molecule has 1 aliphatic heterocycles. The second-order valence-corrected chi connectivity index (χ2v) is 6.98. The van der Waals surface area contributed by atoms with Crippen molar-refractivity contribution in [2.75, 3.05) is 12.8 Å². The van der Waals surface area contributed by atoms with Gasteiger partial charge in [0.05, 0.1) is 22.8 Å². The number of nitrogens with two attached hydrogens (primary N) is 1. The van der Waals surface area contributed by atoms with Crippen molar-refractivity contribution in [2.45, 2.75) is 32.3 Å². The lowest BCUT2D eigenvalue weighted by Crippen LogP contribution is -2.33. The molecule has 2 heterocycles. The van der Waals surface area contributed by atoms with Gasteiger partial charge in [-0.3, -0.25) is 9.78 Å². The molecule has 0 saturated carbocycles. The number of aromatic nitrogens is 1. The third kappa shape index (κ3) is 4.55. The Kier molecular flexibility index (Phi) is 6.14. The molecule has 0 aliphatic carbocycles. The number of benzene rings is 1. The van der Waals surface area contributed by atoms with Gasteiger partial charge in [0.15, 0.2) is 11.5 Å². The molecule has 0 fully saturated rings. The third-order valence-corrected chi connectivity index (χ3v) is 4.46. The fraction of sp³-hybridized carbons (Fsp3) is 0.333. The highest BCUT2D eigenvalue weighted by Crippen LogP contribution is 2.41. The van der Waals surface area contributed by atoms with Crippen LogP contribution in [0.1, 0.15) is 36.2 Å². The molecule has 5 nitrogen and oxygen atoms in total. The zero-order chi connectivity index (χ0) is 18.6. The Balaban J connectivity index is 0.000000212. The molecule has 1 aromatic carbocycles. The normalized spacial score (nSPS) is 14.4. The van der Waals surface area contributed by atoms with Gasteiger partial charge in [0.1, 0.15) is 11.9 Å². The number of ether oxygens (including phenoxy) is 2. The zero-order valence-electron chi connectivity index (χ0n) is 14.3. The summed E-state index contributed by atoms with van der Waals surface area (Å²) < 4.78 is 11.2. The van der Waals surface area contributed by atoms with Crippen LogP contribution in [0.25, 0.3) is 0 Å². The van der Waals surface area contributed by atoms with Crippen LogP contribution in [-0.4, -0.2) is 24.0 Å². The fourth-order valence-electron chi connectivity index (χ4n) is 2.44. The van der Waals surface area contributed by atoms with Crippen LogP contribution in [0.3, 0.4) is 0 Å². The SMILES string of the molecule is COc1ccc(C=O)c2c1OC(C)(C)CC2.Nc1c(Cl)cncc1Cl. The Morgan fingerprint density at radius 2 is 1.92 bits per heavy atom. The quantitative estimate of drug-likeness (QED) is 0.769. The van der Waals surface area contributed by atoms with E-state index in [1.807, 2.05) is 13.8 Å². The van der Waals surface area contributed by atoms with Gasteiger partial charge >= 0.3 is 0 Å². The second-order valence-electron chi connectivity index (χ2n) is 6.16. The van der Waals surface area contributed by atoms with E-state index in [9.17, 15) is 4.79 Å². The molecule has 134 valence electrons. The van der Waals surface area contributed by atoms with Crippen LogP contribution in [0.4, 0.5) is 5.69 Å². The maximum Gasteiger partial charge on any atom is 0.165 e. The number of fused-ring (bicyclic) bond motifs is 1. The number of carbonyl (C=O) groups excluding carboxylic acids is 1. The highest BCUT2D eigenvalue weighted by molar-refractivity contribution is 6.38. The van der Waals surface area contributed by atoms with Crippen molar-refractivity contribution in [2.24, 2.45) is 0 Å². The summed E-state index contributed by atoms with van der Waals surface area (Å²) >= 11 is 11.1. The number of pyridine rings is 1. The minimum absolute atomic E-state index is 0.193. The maximum atomic E-state index is 10.9. The molecule has 0 amide bonds. The van der Waals surface area contributed by atoms with E-state index in [4.69, 9.17) is 38.4 Å². The number of carbonyl (C=O) groups is 1. The summed E-state index contributed by atoms with van der Waals surface area (Å²) in [6.45, 7) is 4.09. The highest BCUT2D eigenvalue weighted by atomic mass is 35.5. The number of anilines is 1. The van der Waals surface area contributed by atoms with Crippen LogP contribution in [0, 0.1) is 0 Å². The van der Waals surface area contributed by atoms with E-state index >= 15 is 0 Å². The first-order chi connectivity index (χ1) is 11.8. The summed E-state index contributed by atoms with van der Waals surface area (Å²) in [6.07, 6.45) is 5.53. The maximum absolute atomic E-state index is 10.9. The number of halogens is 2. The minimum atomic E-state index is -0.193. The molecule has 7 heteroatoms. The number of methoxy groups -OCH3 is 1. The predicted octanol–water partition coefficient (Wildman–Crippen LogP) is 4.58. The standard InChI is InChI=1S/C13H16O3.C5H4Cl2N2/c1-13(2)7-6-10-9(8-14)4-5-11(15-3)12(10)16-13;6-3-1-9-2-4(7)5(3)8/h4-5,8H,6-7H2,1-3H3;1-2H,(H2,8,9). The summed E-state index contributed by atoms with van der Waals surface area (Å²) in [5, 5.41) is 0.782. The molecule has 1 aliphatic rings. The predicted molar refractivity (Wildman–Crippen MR) is 100 cm³/mol. The molecule has 0 radical (unpaired) electrons. The van der Waals surface area contributed by atoms with Crippen molar-refractivity contribution in [1.29, 1.82) is 0 Å². The van der Waals surface area contributed by atoms with Crippen molar-refractivity contribution in [3.63, 3.8) is 0 Å². The Hall–Kier alpha value is -1.98. The third-order valence-electron chi connectivity index (χ3n) is 3.85. The molecular formula is C18H20Cl2N2O3. The van der Waals surface area contributed by atoms with Crippen molar-refractivity contribution >= 4 is 35.2 Å². The lowest BCUT2D eigenvalue weighted by Gasteiger charge is -2.33. The van der Waals surface area contributed by atoms with Crippen molar-refractivity contribution < 1.29 is 14.3 Å². The van der Waals surface area contributed by atoms with Crippen molar-refractivity contribution in [1.82, 2.24) is 4.98 Å². The molecule has 0 bridgehead atoms. The lowest BCUT2D eigenvalue weighted by atomic mass is 9.91. The average molecular weight is 383 g/mol. The van der Waals surface area contributed by atoms with Gasteiger partial charge in [-0.2, -0.15) is 0 Å². The molecule has 2 aromatic rings. The van der Waals surface area contributed by atoms with E-state index in [0.717, 1.165) is 30.4 Å². The number of hydrogen-bond donors (Lipinski definition) is 1. The monoisotopic (exact) mass is 382 g/mol. The topological polar surface area (TPSA) is 74.4 Å².